The molecule has 0 unspecified atom stereocenters. The zero-order valence-corrected chi connectivity index (χ0v) is 17.1. The van der Waals surface area contributed by atoms with Crippen LogP contribution in [0.3, 0.4) is 0 Å². The Kier molecular flexibility index (Phi) is 9.61. The van der Waals surface area contributed by atoms with Crippen molar-refractivity contribution in [3.8, 4) is 5.75 Å². The van der Waals surface area contributed by atoms with Crippen LogP contribution in [0.15, 0.2) is 42.5 Å². The predicted octanol–water partition coefficient (Wildman–Crippen LogP) is 6.56. The van der Waals surface area contributed by atoms with E-state index in [0.29, 0.717) is 6.42 Å². The van der Waals surface area contributed by atoms with Gasteiger partial charge >= 0.3 is 5.97 Å². The maximum atomic E-state index is 11.3. The molecule has 0 fully saturated rings. The molecule has 0 spiro atoms. The number of unbranched alkanes of at least 4 members (excludes halogenated alkanes) is 6. The predicted molar refractivity (Wildman–Crippen MR) is 115 cm³/mol. The van der Waals surface area contributed by atoms with Crippen molar-refractivity contribution in [3.63, 3.8) is 0 Å². The van der Waals surface area contributed by atoms with E-state index in [9.17, 15) is 15.0 Å². The molecule has 152 valence electrons. The van der Waals surface area contributed by atoms with Crippen LogP contribution in [0, 0.1) is 0 Å². The van der Waals surface area contributed by atoms with Crippen molar-refractivity contribution < 1.29 is 15.0 Å². The minimum absolute atomic E-state index is 0.0568. The van der Waals surface area contributed by atoms with E-state index in [-0.39, 0.29) is 11.3 Å². The molecule has 0 aliphatic rings. The van der Waals surface area contributed by atoms with Gasteiger partial charge in [-0.1, -0.05) is 75.4 Å². The van der Waals surface area contributed by atoms with Gasteiger partial charge in [0.1, 0.15) is 11.3 Å². The smallest absolute Gasteiger partial charge is 0.339 e. The molecular formula is C25H34O3. The third kappa shape index (κ3) is 7.38. The van der Waals surface area contributed by atoms with E-state index in [1.54, 1.807) is 12.1 Å². The largest absolute Gasteiger partial charge is 0.507 e. The average molecular weight is 383 g/mol. The van der Waals surface area contributed by atoms with Gasteiger partial charge in [-0.25, -0.2) is 4.79 Å². The summed E-state index contributed by atoms with van der Waals surface area (Å²) in [6, 6.07) is 14.0. The Bertz CT molecular complexity index is 736. The summed E-state index contributed by atoms with van der Waals surface area (Å²) in [5, 5.41) is 19.0. The number of carboxylic acids is 1. The second-order valence-electron chi connectivity index (χ2n) is 7.66. The molecule has 0 bridgehead atoms. The van der Waals surface area contributed by atoms with Gasteiger partial charge in [0.25, 0.3) is 0 Å². The number of phenols is 1. The number of hydrogen-bond acceptors (Lipinski definition) is 2. The first-order valence-electron chi connectivity index (χ1n) is 10.7. The molecule has 0 aliphatic carbocycles. The normalized spacial score (nSPS) is 10.9. The molecule has 0 amide bonds. The van der Waals surface area contributed by atoms with E-state index >= 15 is 0 Å². The molecule has 3 heteroatoms. The molecule has 0 saturated carbocycles. The zero-order valence-electron chi connectivity index (χ0n) is 17.1. The third-order valence-electron chi connectivity index (χ3n) is 5.31. The Hall–Kier alpha value is -2.29. The van der Waals surface area contributed by atoms with Crippen LogP contribution < -0.4 is 0 Å². The lowest BCUT2D eigenvalue weighted by atomic mass is 9.98. The highest BCUT2D eigenvalue weighted by molar-refractivity contribution is 5.92. The van der Waals surface area contributed by atoms with Crippen LogP contribution in [-0.2, 0) is 19.3 Å². The lowest BCUT2D eigenvalue weighted by Gasteiger charge is -2.08. The van der Waals surface area contributed by atoms with Crippen LogP contribution in [0.25, 0.3) is 0 Å². The Morgan fingerprint density at radius 2 is 1.36 bits per heavy atom. The van der Waals surface area contributed by atoms with Crippen molar-refractivity contribution in [2.45, 2.75) is 77.6 Å². The topological polar surface area (TPSA) is 57.5 Å². The van der Waals surface area contributed by atoms with Crippen molar-refractivity contribution in [3.05, 3.63) is 64.7 Å². The van der Waals surface area contributed by atoms with Crippen LogP contribution in [0.1, 0.15) is 85.3 Å². The van der Waals surface area contributed by atoms with E-state index in [2.05, 4.69) is 31.2 Å². The van der Waals surface area contributed by atoms with Gasteiger partial charge in [-0.05, 0) is 61.3 Å². The van der Waals surface area contributed by atoms with Gasteiger partial charge in [0.15, 0.2) is 0 Å². The number of aromatic carboxylic acids is 1. The number of aromatic hydroxyl groups is 1. The zero-order chi connectivity index (χ0) is 20.2. The van der Waals surface area contributed by atoms with E-state index in [4.69, 9.17) is 0 Å². The van der Waals surface area contributed by atoms with E-state index in [1.807, 2.05) is 0 Å². The van der Waals surface area contributed by atoms with Crippen molar-refractivity contribution in [2.24, 2.45) is 0 Å². The molecule has 0 saturated heterocycles. The fourth-order valence-corrected chi connectivity index (χ4v) is 3.74. The van der Waals surface area contributed by atoms with Gasteiger partial charge in [0.2, 0.25) is 0 Å². The summed E-state index contributed by atoms with van der Waals surface area (Å²) >= 11 is 0. The van der Waals surface area contributed by atoms with Crippen LogP contribution in [0.4, 0.5) is 0 Å². The van der Waals surface area contributed by atoms with Crippen LogP contribution >= 0.6 is 0 Å². The third-order valence-corrected chi connectivity index (χ3v) is 5.31. The monoisotopic (exact) mass is 382 g/mol. The number of carboxylic acid groups (broad SMARTS) is 1. The van der Waals surface area contributed by atoms with E-state index in [0.717, 1.165) is 31.2 Å². The highest BCUT2D eigenvalue weighted by atomic mass is 16.4. The highest BCUT2D eigenvalue weighted by Gasteiger charge is 2.14. The van der Waals surface area contributed by atoms with Gasteiger partial charge in [-0.3, -0.25) is 0 Å². The molecule has 2 rings (SSSR count). The standard InChI is InChI=1S/C25H34O3/c1-2-3-7-12-20-14-10-15-21(19-20)13-8-5-4-6-9-16-22-17-11-18-23(26)24(22)25(27)28/h10-11,14-15,17-19,26H,2-9,12-13,16H2,1H3,(H,27,28). The number of carbonyl (C=O) groups is 1. The quantitative estimate of drug-likeness (QED) is 0.386. The summed E-state index contributed by atoms with van der Waals surface area (Å²) < 4.78 is 0. The summed E-state index contributed by atoms with van der Waals surface area (Å²) in [6.45, 7) is 2.24. The van der Waals surface area contributed by atoms with Gasteiger partial charge in [0.05, 0.1) is 0 Å². The molecule has 28 heavy (non-hydrogen) atoms. The molecule has 0 aromatic heterocycles. The average Bonchev–Trinajstić information content (AvgIpc) is 2.67. The molecular weight excluding hydrogens is 348 g/mol. The molecule has 0 radical (unpaired) electrons. The molecule has 2 aromatic rings. The maximum Gasteiger partial charge on any atom is 0.339 e. The molecule has 3 nitrogen and oxygen atoms in total. The fraction of sp³-hybridized carbons (Fsp3) is 0.480. The number of hydrogen-bond donors (Lipinski definition) is 2. The lowest BCUT2D eigenvalue weighted by molar-refractivity contribution is 0.0692. The van der Waals surface area contributed by atoms with Crippen molar-refractivity contribution in [2.75, 3.05) is 0 Å². The van der Waals surface area contributed by atoms with Crippen molar-refractivity contribution in [1.82, 2.24) is 0 Å². The Morgan fingerprint density at radius 3 is 2.00 bits per heavy atom. The van der Waals surface area contributed by atoms with Crippen LogP contribution in [-0.4, -0.2) is 16.2 Å². The van der Waals surface area contributed by atoms with Gasteiger partial charge in [0, 0.05) is 0 Å². The molecule has 2 N–H and O–H groups in total. The second-order valence-corrected chi connectivity index (χ2v) is 7.66. The minimum atomic E-state index is -1.05. The number of aryl methyl sites for hydroxylation is 3. The molecule has 0 atom stereocenters. The molecule has 0 aliphatic heterocycles. The second kappa shape index (κ2) is 12.2. The Labute approximate surface area is 169 Å². The first-order valence-corrected chi connectivity index (χ1v) is 10.7. The maximum absolute atomic E-state index is 11.3. The highest BCUT2D eigenvalue weighted by Crippen LogP contribution is 2.23. The van der Waals surface area contributed by atoms with Gasteiger partial charge in [-0.15, -0.1) is 0 Å². The Balaban J connectivity index is 1.65. The van der Waals surface area contributed by atoms with Crippen LogP contribution in [0.5, 0.6) is 5.75 Å². The summed E-state index contributed by atoms with van der Waals surface area (Å²) in [4.78, 5) is 11.3. The van der Waals surface area contributed by atoms with Crippen LogP contribution in [0.2, 0.25) is 0 Å². The summed E-state index contributed by atoms with van der Waals surface area (Å²) in [5.41, 5.74) is 3.69. The number of rotatable bonds is 13. The summed E-state index contributed by atoms with van der Waals surface area (Å²) in [5.74, 6) is -1.19. The number of benzene rings is 2. The SMILES string of the molecule is CCCCCc1cccc(CCCCCCCc2cccc(O)c2C(=O)O)c1. The first-order chi connectivity index (χ1) is 13.6. The summed E-state index contributed by atoms with van der Waals surface area (Å²) in [6.07, 6.45) is 12.5. The van der Waals surface area contributed by atoms with Crippen molar-refractivity contribution >= 4 is 5.97 Å². The fourth-order valence-electron chi connectivity index (χ4n) is 3.74. The van der Waals surface area contributed by atoms with E-state index < -0.39 is 5.97 Å². The Morgan fingerprint density at radius 1 is 0.786 bits per heavy atom. The summed E-state index contributed by atoms with van der Waals surface area (Å²) in [7, 11) is 0. The minimum Gasteiger partial charge on any atom is -0.507 e. The van der Waals surface area contributed by atoms with Gasteiger partial charge in [-0.2, -0.15) is 0 Å². The van der Waals surface area contributed by atoms with Gasteiger partial charge < -0.3 is 10.2 Å². The lowest BCUT2D eigenvalue weighted by Crippen LogP contribution is -2.03. The van der Waals surface area contributed by atoms with Crippen molar-refractivity contribution in [1.29, 1.82) is 0 Å². The molecule has 2 aromatic carbocycles. The van der Waals surface area contributed by atoms with E-state index in [1.165, 1.54) is 55.7 Å². The first kappa shape index (κ1) is 22.0. The molecule has 0 heterocycles.